The third-order valence-electron chi connectivity index (χ3n) is 5.45. The molecule has 1 N–H and O–H groups in total. The highest BCUT2D eigenvalue weighted by molar-refractivity contribution is 6.03. The average Bonchev–Trinajstić information content (AvgIpc) is 2.94. The van der Waals surface area contributed by atoms with E-state index in [2.05, 4.69) is 5.32 Å². The van der Waals surface area contributed by atoms with Gasteiger partial charge in [-0.15, -0.1) is 0 Å². The van der Waals surface area contributed by atoms with Gasteiger partial charge in [0, 0.05) is 18.2 Å². The molecule has 0 heterocycles. The van der Waals surface area contributed by atoms with E-state index in [-0.39, 0.29) is 5.69 Å². The molecule has 0 fully saturated rings. The van der Waals surface area contributed by atoms with Crippen LogP contribution in [0.5, 0.6) is 28.7 Å². The summed E-state index contributed by atoms with van der Waals surface area (Å²) in [5.74, 6) is 1.89. The Morgan fingerprint density at radius 2 is 1.21 bits per heavy atom. The van der Waals surface area contributed by atoms with Crippen LogP contribution >= 0.6 is 0 Å². The number of nitrogens with zero attached hydrogens (tertiary/aromatic N) is 1. The second-order valence-corrected chi connectivity index (χ2v) is 7.77. The second kappa shape index (κ2) is 12.8. The zero-order chi connectivity index (χ0) is 27.7. The van der Waals surface area contributed by atoms with Crippen molar-refractivity contribution in [1.29, 1.82) is 0 Å². The number of hydrogen-bond donors (Lipinski definition) is 1. The topological polar surface area (TPSA) is 118 Å². The lowest BCUT2D eigenvalue weighted by atomic mass is 10.1. The summed E-state index contributed by atoms with van der Waals surface area (Å²) in [6.07, 6.45) is 6.57. The quantitative estimate of drug-likeness (QED) is 0.153. The first-order valence-corrected chi connectivity index (χ1v) is 11.3. The molecule has 0 bridgehead atoms. The molecule has 1 amide bonds. The Kier molecular flexibility index (Phi) is 9.31. The predicted octanol–water partition coefficient (Wildman–Crippen LogP) is 5.46. The van der Waals surface area contributed by atoms with Gasteiger partial charge in [-0.25, -0.2) is 0 Å². The minimum absolute atomic E-state index is 0.0279. The summed E-state index contributed by atoms with van der Waals surface area (Å²) >= 11 is 0. The average molecular weight is 521 g/mol. The maximum atomic E-state index is 12.7. The minimum Gasteiger partial charge on any atom is -0.493 e. The predicted molar refractivity (Wildman–Crippen MR) is 145 cm³/mol. The summed E-state index contributed by atoms with van der Waals surface area (Å²) in [5, 5.41) is 13.6. The molecule has 0 saturated heterocycles. The van der Waals surface area contributed by atoms with Gasteiger partial charge in [0.2, 0.25) is 11.7 Å². The van der Waals surface area contributed by atoms with E-state index < -0.39 is 10.8 Å². The Balaban J connectivity index is 1.88. The van der Waals surface area contributed by atoms with E-state index in [1.165, 1.54) is 39.5 Å². The molecule has 0 atom stereocenters. The Bertz CT molecular complexity index is 1340. The van der Waals surface area contributed by atoms with Gasteiger partial charge in [0.15, 0.2) is 23.0 Å². The van der Waals surface area contributed by atoms with Crippen molar-refractivity contribution in [2.24, 2.45) is 0 Å². The van der Waals surface area contributed by atoms with Gasteiger partial charge in [0.1, 0.15) is 0 Å². The number of hydrogen-bond acceptors (Lipinski definition) is 8. The molecule has 10 nitrogen and oxygen atoms in total. The monoisotopic (exact) mass is 520 g/mol. The van der Waals surface area contributed by atoms with Crippen molar-refractivity contribution < 1.29 is 33.4 Å². The molecule has 0 spiro atoms. The number of nitrogens with one attached hydrogen (secondary N) is 1. The fourth-order valence-electron chi connectivity index (χ4n) is 3.62. The Labute approximate surface area is 220 Å². The summed E-state index contributed by atoms with van der Waals surface area (Å²) < 4.78 is 27.1. The number of nitro groups is 1. The Morgan fingerprint density at radius 3 is 1.68 bits per heavy atom. The third kappa shape index (κ3) is 6.61. The zero-order valence-electron chi connectivity index (χ0n) is 21.6. The number of anilines is 1. The van der Waals surface area contributed by atoms with E-state index in [4.69, 9.17) is 23.7 Å². The summed E-state index contributed by atoms with van der Waals surface area (Å²) in [6, 6.07) is 13.0. The highest BCUT2D eigenvalue weighted by Crippen LogP contribution is 2.40. The highest BCUT2D eigenvalue weighted by Gasteiger charge is 2.15. The maximum Gasteiger partial charge on any atom is 0.269 e. The van der Waals surface area contributed by atoms with Crippen molar-refractivity contribution in [1.82, 2.24) is 0 Å². The smallest absolute Gasteiger partial charge is 0.269 e. The third-order valence-corrected chi connectivity index (χ3v) is 5.45. The van der Waals surface area contributed by atoms with E-state index in [0.717, 1.165) is 11.1 Å². The molecule has 0 aromatic heterocycles. The normalized spacial score (nSPS) is 10.9. The van der Waals surface area contributed by atoms with Crippen LogP contribution in [-0.4, -0.2) is 46.4 Å². The highest BCUT2D eigenvalue weighted by atomic mass is 16.6. The maximum absolute atomic E-state index is 12.7. The van der Waals surface area contributed by atoms with Gasteiger partial charge in [-0.05, 0) is 59.2 Å². The Morgan fingerprint density at radius 1 is 0.711 bits per heavy atom. The summed E-state index contributed by atoms with van der Waals surface area (Å²) in [5.41, 5.74) is 2.53. The SMILES string of the molecule is COc1cc(C=Cc2cc(OC)c(OC)c(OC)c2)cc(NC(=O)/C=C/c2ccc([N+](=O)[O-])cc2)c1OC. The number of nitro benzene ring substituents is 1. The van der Waals surface area contributed by atoms with Crippen LogP contribution in [0.15, 0.2) is 54.6 Å². The molecular weight excluding hydrogens is 492 g/mol. The molecule has 198 valence electrons. The largest absolute Gasteiger partial charge is 0.493 e. The van der Waals surface area contributed by atoms with Crippen molar-refractivity contribution in [3.05, 3.63) is 81.4 Å². The van der Waals surface area contributed by atoms with Crippen LogP contribution in [0.1, 0.15) is 16.7 Å². The van der Waals surface area contributed by atoms with Gasteiger partial charge in [0.25, 0.3) is 5.69 Å². The molecule has 0 aliphatic rings. The van der Waals surface area contributed by atoms with Gasteiger partial charge in [0.05, 0.1) is 46.2 Å². The molecule has 0 aliphatic carbocycles. The molecule has 3 aromatic rings. The molecule has 3 rings (SSSR count). The fourth-order valence-corrected chi connectivity index (χ4v) is 3.62. The van der Waals surface area contributed by atoms with Gasteiger partial charge >= 0.3 is 0 Å². The molecule has 0 unspecified atom stereocenters. The standard InChI is InChI=1S/C28H28N2O8/c1-34-23-15-19(6-7-20-16-24(35-2)28(38-5)25(17-20)36-3)14-22(27(23)37-4)29-26(31)13-10-18-8-11-21(12-9-18)30(32)33/h6-17H,1-5H3,(H,29,31)/b7-6?,13-10+. The van der Waals surface area contributed by atoms with Crippen LogP contribution < -0.4 is 29.0 Å². The summed E-state index contributed by atoms with van der Waals surface area (Å²) in [7, 11) is 7.61. The fraction of sp³-hybridized carbons (Fsp3) is 0.179. The number of amides is 1. The first kappa shape index (κ1) is 27.6. The second-order valence-electron chi connectivity index (χ2n) is 7.77. The molecule has 3 aromatic carbocycles. The first-order valence-electron chi connectivity index (χ1n) is 11.3. The Hall–Kier alpha value is -4.99. The van der Waals surface area contributed by atoms with Crippen molar-refractivity contribution in [2.75, 3.05) is 40.9 Å². The van der Waals surface area contributed by atoms with Crippen molar-refractivity contribution >= 4 is 35.5 Å². The number of methoxy groups -OCH3 is 5. The van der Waals surface area contributed by atoms with Crippen LogP contribution in [0, 0.1) is 10.1 Å². The molecule has 0 saturated carbocycles. The van der Waals surface area contributed by atoms with Crippen molar-refractivity contribution in [2.45, 2.75) is 0 Å². The summed E-state index contributed by atoms with van der Waals surface area (Å²) in [4.78, 5) is 23.0. The lowest BCUT2D eigenvalue weighted by Crippen LogP contribution is -2.09. The van der Waals surface area contributed by atoms with E-state index in [9.17, 15) is 14.9 Å². The summed E-state index contributed by atoms with van der Waals surface area (Å²) in [6.45, 7) is 0. The molecule has 0 aliphatic heterocycles. The molecule has 38 heavy (non-hydrogen) atoms. The first-order chi connectivity index (χ1) is 18.3. The minimum atomic E-state index is -0.483. The van der Waals surface area contributed by atoms with Gasteiger partial charge in [-0.2, -0.15) is 0 Å². The van der Waals surface area contributed by atoms with Crippen LogP contribution in [0.25, 0.3) is 18.2 Å². The lowest BCUT2D eigenvalue weighted by molar-refractivity contribution is -0.384. The molecular formula is C28H28N2O8. The van der Waals surface area contributed by atoms with Crippen LogP contribution in [0.4, 0.5) is 11.4 Å². The van der Waals surface area contributed by atoms with E-state index >= 15 is 0 Å². The lowest BCUT2D eigenvalue weighted by Gasteiger charge is -2.14. The number of carbonyl (C=O) groups is 1. The number of non-ortho nitro benzene ring substituents is 1. The van der Waals surface area contributed by atoms with Gasteiger partial charge in [-0.1, -0.05) is 12.2 Å². The number of benzene rings is 3. The van der Waals surface area contributed by atoms with Crippen molar-refractivity contribution in [3.8, 4) is 28.7 Å². The zero-order valence-corrected chi connectivity index (χ0v) is 21.6. The van der Waals surface area contributed by atoms with E-state index in [0.29, 0.717) is 40.0 Å². The number of carbonyl (C=O) groups excluding carboxylic acids is 1. The van der Waals surface area contributed by atoms with Crippen molar-refractivity contribution in [3.63, 3.8) is 0 Å². The number of ether oxygens (including phenoxy) is 5. The van der Waals surface area contributed by atoms with Crippen LogP contribution in [-0.2, 0) is 4.79 Å². The van der Waals surface area contributed by atoms with E-state index in [1.54, 1.807) is 44.6 Å². The van der Waals surface area contributed by atoms with Gasteiger partial charge < -0.3 is 29.0 Å². The molecule has 0 radical (unpaired) electrons. The van der Waals surface area contributed by atoms with E-state index in [1.807, 2.05) is 24.3 Å². The van der Waals surface area contributed by atoms with Crippen LogP contribution in [0.3, 0.4) is 0 Å². The van der Waals surface area contributed by atoms with Crippen LogP contribution in [0.2, 0.25) is 0 Å². The molecule has 10 heteroatoms. The number of rotatable bonds is 11. The van der Waals surface area contributed by atoms with Gasteiger partial charge in [-0.3, -0.25) is 14.9 Å².